The van der Waals surface area contributed by atoms with Crippen molar-refractivity contribution in [3.8, 4) is 0 Å². The van der Waals surface area contributed by atoms with Crippen molar-refractivity contribution < 1.29 is 14.0 Å². The maximum absolute atomic E-state index is 14.0. The van der Waals surface area contributed by atoms with Crippen LogP contribution in [0.4, 0.5) is 4.39 Å². The molecule has 1 aromatic carbocycles. The fourth-order valence-electron chi connectivity index (χ4n) is 3.03. The minimum Gasteiger partial charge on any atom is -0.351 e. The van der Waals surface area contributed by atoms with E-state index in [1.165, 1.54) is 12.1 Å². The third-order valence-electron chi connectivity index (χ3n) is 4.44. The van der Waals surface area contributed by atoms with Gasteiger partial charge >= 0.3 is 0 Å². The van der Waals surface area contributed by atoms with Gasteiger partial charge < -0.3 is 5.32 Å². The van der Waals surface area contributed by atoms with Crippen molar-refractivity contribution in [2.45, 2.75) is 26.3 Å². The number of piperidine rings is 1. The van der Waals surface area contributed by atoms with Crippen LogP contribution in [0.5, 0.6) is 0 Å². The first kappa shape index (κ1) is 18.5. The first-order valence-corrected chi connectivity index (χ1v) is 9.53. The Kier molecular flexibility index (Phi) is 6.00. The van der Waals surface area contributed by atoms with Gasteiger partial charge in [0.1, 0.15) is 5.82 Å². The first-order valence-electron chi connectivity index (χ1n) is 8.65. The van der Waals surface area contributed by atoms with Gasteiger partial charge in [0.25, 0.3) is 5.91 Å². The Labute approximate surface area is 156 Å². The molecular weight excluding hydrogens is 353 g/mol. The molecule has 0 aliphatic carbocycles. The number of nitrogens with one attached hydrogen (secondary N) is 2. The van der Waals surface area contributed by atoms with E-state index in [2.05, 4.69) is 10.7 Å². The quantitative estimate of drug-likeness (QED) is 0.845. The molecule has 5 nitrogen and oxygen atoms in total. The van der Waals surface area contributed by atoms with Crippen LogP contribution >= 0.6 is 11.3 Å². The van der Waals surface area contributed by atoms with Crippen molar-refractivity contribution in [1.82, 2.24) is 15.8 Å². The number of nitrogens with zero attached hydrogens (tertiary/aromatic N) is 1. The summed E-state index contributed by atoms with van der Waals surface area (Å²) in [5.74, 6) is -1.22. The molecule has 1 saturated heterocycles. The fourth-order valence-corrected chi connectivity index (χ4v) is 3.68. The van der Waals surface area contributed by atoms with Crippen LogP contribution in [0.15, 0.2) is 35.7 Å². The molecule has 1 atom stereocenters. The van der Waals surface area contributed by atoms with Crippen LogP contribution in [0.3, 0.4) is 0 Å². The summed E-state index contributed by atoms with van der Waals surface area (Å²) in [6.07, 6.45) is 1.58. The molecule has 3 rings (SSSR count). The summed E-state index contributed by atoms with van der Waals surface area (Å²) < 4.78 is 14.0. The molecule has 2 amide bonds. The second-order valence-electron chi connectivity index (χ2n) is 6.51. The molecule has 2 heterocycles. The Bertz CT molecular complexity index is 779. The van der Waals surface area contributed by atoms with Gasteiger partial charge in [0.05, 0.1) is 18.0 Å². The molecule has 1 aliphatic heterocycles. The molecule has 1 unspecified atom stereocenters. The lowest BCUT2D eigenvalue weighted by molar-refractivity contribution is -0.127. The third kappa shape index (κ3) is 4.68. The van der Waals surface area contributed by atoms with Gasteiger partial charge in [0, 0.05) is 18.0 Å². The Morgan fingerprint density at radius 1 is 1.35 bits per heavy atom. The highest BCUT2D eigenvalue weighted by Crippen LogP contribution is 2.17. The lowest BCUT2D eigenvalue weighted by Gasteiger charge is -2.32. The van der Waals surface area contributed by atoms with E-state index in [-0.39, 0.29) is 17.4 Å². The molecule has 0 spiro atoms. The summed E-state index contributed by atoms with van der Waals surface area (Å²) >= 11 is 1.60. The number of aryl methyl sites for hydroxylation is 1. The molecule has 0 saturated carbocycles. The van der Waals surface area contributed by atoms with Crippen molar-refractivity contribution in [1.29, 1.82) is 0 Å². The number of carbonyl (C=O) groups excluding carboxylic acids is 2. The van der Waals surface area contributed by atoms with Gasteiger partial charge in [-0.2, -0.15) is 0 Å². The standard InChI is InChI=1S/C19H22FN3O2S/c1-13-6-7-16(17(20)10-13)19(25)22-23-8-2-4-14(12-23)18(24)21-11-15-5-3-9-26-15/h3,5-7,9-10,14H,2,4,8,11-12H2,1H3,(H,21,24)(H,22,25). The molecule has 7 heteroatoms. The highest BCUT2D eigenvalue weighted by atomic mass is 32.1. The number of halogens is 1. The lowest BCUT2D eigenvalue weighted by Crippen LogP contribution is -2.50. The van der Waals surface area contributed by atoms with Gasteiger partial charge in [0.2, 0.25) is 5.91 Å². The molecule has 138 valence electrons. The maximum atomic E-state index is 14.0. The van der Waals surface area contributed by atoms with Crippen molar-refractivity contribution in [3.63, 3.8) is 0 Å². The van der Waals surface area contributed by atoms with E-state index in [0.717, 1.165) is 23.3 Å². The summed E-state index contributed by atoms with van der Waals surface area (Å²) in [6.45, 7) is 3.37. The molecule has 0 radical (unpaired) electrons. The summed E-state index contributed by atoms with van der Waals surface area (Å²) in [5, 5.41) is 6.63. The van der Waals surface area contributed by atoms with E-state index in [1.807, 2.05) is 17.5 Å². The van der Waals surface area contributed by atoms with E-state index in [4.69, 9.17) is 0 Å². The van der Waals surface area contributed by atoms with Crippen molar-refractivity contribution in [2.75, 3.05) is 13.1 Å². The van der Waals surface area contributed by atoms with Gasteiger partial charge in [-0.1, -0.05) is 12.1 Å². The maximum Gasteiger partial charge on any atom is 0.268 e. The number of carbonyl (C=O) groups is 2. The summed E-state index contributed by atoms with van der Waals surface area (Å²) in [7, 11) is 0. The number of hydrogen-bond donors (Lipinski definition) is 2. The molecule has 1 fully saturated rings. The predicted octanol–water partition coefficient (Wildman–Crippen LogP) is 2.87. The number of hydrogen-bond acceptors (Lipinski definition) is 4. The SMILES string of the molecule is Cc1ccc(C(=O)NN2CCCC(C(=O)NCc3cccs3)C2)c(F)c1. The third-order valence-corrected chi connectivity index (χ3v) is 5.31. The number of rotatable bonds is 5. The first-order chi connectivity index (χ1) is 12.5. The van der Waals surface area contributed by atoms with Gasteiger partial charge in [-0.3, -0.25) is 15.0 Å². The Hall–Kier alpha value is -2.25. The minimum atomic E-state index is -0.537. The van der Waals surface area contributed by atoms with E-state index >= 15 is 0 Å². The summed E-state index contributed by atoms with van der Waals surface area (Å²) in [5.41, 5.74) is 3.50. The zero-order valence-corrected chi connectivity index (χ0v) is 15.4. The highest BCUT2D eigenvalue weighted by molar-refractivity contribution is 7.09. The minimum absolute atomic E-state index is 0.0138. The Morgan fingerprint density at radius 3 is 2.92 bits per heavy atom. The van der Waals surface area contributed by atoms with Gasteiger partial charge in [0.15, 0.2) is 0 Å². The average molecular weight is 375 g/mol. The van der Waals surface area contributed by atoms with E-state index in [9.17, 15) is 14.0 Å². The second-order valence-corrected chi connectivity index (χ2v) is 7.54. The number of benzene rings is 1. The molecule has 26 heavy (non-hydrogen) atoms. The van der Waals surface area contributed by atoms with Crippen molar-refractivity contribution >= 4 is 23.2 Å². The average Bonchev–Trinajstić information content (AvgIpc) is 3.13. The van der Waals surface area contributed by atoms with Crippen LogP contribution in [-0.2, 0) is 11.3 Å². The van der Waals surface area contributed by atoms with Crippen LogP contribution in [0.25, 0.3) is 0 Å². The van der Waals surface area contributed by atoms with Crippen molar-refractivity contribution in [3.05, 3.63) is 57.5 Å². The summed E-state index contributed by atoms with van der Waals surface area (Å²) in [4.78, 5) is 25.8. The molecule has 0 bridgehead atoms. The van der Waals surface area contributed by atoms with E-state index in [1.54, 1.807) is 29.3 Å². The van der Waals surface area contributed by atoms with Crippen LogP contribution in [0, 0.1) is 18.7 Å². The molecular formula is C19H22FN3O2S. The van der Waals surface area contributed by atoms with E-state index < -0.39 is 11.7 Å². The van der Waals surface area contributed by atoms with Crippen LogP contribution in [0.2, 0.25) is 0 Å². The predicted molar refractivity (Wildman–Crippen MR) is 99.1 cm³/mol. The molecule has 2 aromatic rings. The Morgan fingerprint density at radius 2 is 2.19 bits per heavy atom. The second kappa shape index (κ2) is 8.42. The topological polar surface area (TPSA) is 61.4 Å². The molecule has 1 aromatic heterocycles. The smallest absolute Gasteiger partial charge is 0.268 e. The molecule has 1 aliphatic rings. The zero-order valence-electron chi connectivity index (χ0n) is 14.6. The monoisotopic (exact) mass is 375 g/mol. The normalized spacial score (nSPS) is 17.7. The van der Waals surface area contributed by atoms with Gasteiger partial charge in [-0.15, -0.1) is 11.3 Å². The lowest BCUT2D eigenvalue weighted by atomic mass is 9.98. The van der Waals surface area contributed by atoms with Crippen LogP contribution in [0.1, 0.15) is 33.6 Å². The number of hydrazine groups is 1. The molecule has 2 N–H and O–H groups in total. The fraction of sp³-hybridized carbons (Fsp3) is 0.368. The van der Waals surface area contributed by atoms with Gasteiger partial charge in [-0.05, 0) is 48.9 Å². The summed E-state index contributed by atoms with van der Waals surface area (Å²) in [6, 6.07) is 8.46. The Balaban J connectivity index is 1.54. The van der Waals surface area contributed by atoms with E-state index in [0.29, 0.717) is 19.6 Å². The number of amides is 2. The zero-order chi connectivity index (χ0) is 18.5. The largest absolute Gasteiger partial charge is 0.351 e. The van der Waals surface area contributed by atoms with Crippen LogP contribution < -0.4 is 10.7 Å². The van der Waals surface area contributed by atoms with Crippen molar-refractivity contribution in [2.24, 2.45) is 5.92 Å². The van der Waals surface area contributed by atoms with Gasteiger partial charge in [-0.25, -0.2) is 9.40 Å². The highest BCUT2D eigenvalue weighted by Gasteiger charge is 2.27. The van der Waals surface area contributed by atoms with Crippen LogP contribution in [-0.4, -0.2) is 29.9 Å². The number of thiophene rings is 1.